The van der Waals surface area contributed by atoms with E-state index in [-0.39, 0.29) is 11.9 Å². The second-order valence-electron chi connectivity index (χ2n) is 6.12. The summed E-state index contributed by atoms with van der Waals surface area (Å²) >= 11 is 1.77. The summed E-state index contributed by atoms with van der Waals surface area (Å²) in [5.41, 5.74) is 0.885. The van der Waals surface area contributed by atoms with Crippen LogP contribution in [0.15, 0.2) is 46.8 Å². The fraction of sp³-hybridized carbons (Fsp3) is 0.421. The van der Waals surface area contributed by atoms with Crippen molar-refractivity contribution in [2.24, 2.45) is 4.99 Å². The first-order chi connectivity index (χ1) is 12.8. The van der Waals surface area contributed by atoms with Crippen LogP contribution in [0.4, 0.5) is 4.39 Å². The fourth-order valence-electron chi connectivity index (χ4n) is 3.03. The zero-order chi connectivity index (χ0) is 18.2. The highest BCUT2D eigenvalue weighted by molar-refractivity contribution is 7.10. The molecule has 0 amide bonds. The topological polar surface area (TPSA) is 48.9 Å². The molecule has 0 bridgehead atoms. The van der Waals surface area contributed by atoms with Gasteiger partial charge in [0, 0.05) is 38.1 Å². The summed E-state index contributed by atoms with van der Waals surface area (Å²) in [7, 11) is 1.75. The maximum absolute atomic E-state index is 13.3. The SMILES string of the molecule is CN=C(NCc1cccc(F)c1)NCC(c1cccs1)N1CCOCC1. The summed E-state index contributed by atoms with van der Waals surface area (Å²) in [5.74, 6) is 0.487. The summed E-state index contributed by atoms with van der Waals surface area (Å²) in [5, 5.41) is 8.77. The van der Waals surface area contributed by atoms with E-state index in [1.165, 1.54) is 17.0 Å². The van der Waals surface area contributed by atoms with Crippen LogP contribution in [-0.2, 0) is 11.3 Å². The number of halogens is 1. The monoisotopic (exact) mass is 376 g/mol. The van der Waals surface area contributed by atoms with Gasteiger partial charge in [0.2, 0.25) is 0 Å². The smallest absolute Gasteiger partial charge is 0.191 e. The van der Waals surface area contributed by atoms with Crippen molar-refractivity contribution in [1.82, 2.24) is 15.5 Å². The summed E-state index contributed by atoms with van der Waals surface area (Å²) in [6.07, 6.45) is 0. The van der Waals surface area contributed by atoms with Crippen molar-refractivity contribution >= 4 is 17.3 Å². The van der Waals surface area contributed by atoms with Crippen LogP contribution < -0.4 is 10.6 Å². The number of nitrogens with one attached hydrogen (secondary N) is 2. The standard InChI is InChI=1S/C19H25FN4OS/c1-21-19(22-13-15-4-2-5-16(20)12-15)23-14-17(18-6-3-11-26-18)24-7-9-25-10-8-24/h2-6,11-12,17H,7-10,13-14H2,1H3,(H2,21,22,23). The van der Waals surface area contributed by atoms with Crippen molar-refractivity contribution in [3.8, 4) is 0 Å². The number of morpholine rings is 1. The van der Waals surface area contributed by atoms with Gasteiger partial charge in [0.15, 0.2) is 5.96 Å². The van der Waals surface area contributed by atoms with E-state index in [4.69, 9.17) is 4.74 Å². The van der Waals surface area contributed by atoms with Gasteiger partial charge in [0.25, 0.3) is 0 Å². The Labute approximate surface area is 157 Å². The summed E-state index contributed by atoms with van der Waals surface area (Å²) < 4.78 is 18.8. The van der Waals surface area contributed by atoms with Crippen molar-refractivity contribution in [2.45, 2.75) is 12.6 Å². The highest BCUT2D eigenvalue weighted by Crippen LogP contribution is 2.25. The zero-order valence-electron chi connectivity index (χ0n) is 15.0. The Morgan fingerprint density at radius 2 is 2.12 bits per heavy atom. The van der Waals surface area contributed by atoms with E-state index in [1.807, 2.05) is 6.07 Å². The van der Waals surface area contributed by atoms with Crippen LogP contribution in [0.3, 0.4) is 0 Å². The van der Waals surface area contributed by atoms with Crippen molar-refractivity contribution in [3.05, 3.63) is 58.0 Å². The van der Waals surface area contributed by atoms with E-state index in [0.717, 1.165) is 38.4 Å². The van der Waals surface area contributed by atoms with E-state index in [2.05, 4.69) is 38.0 Å². The Morgan fingerprint density at radius 1 is 1.27 bits per heavy atom. The molecular weight excluding hydrogens is 351 g/mol. The highest BCUT2D eigenvalue weighted by atomic mass is 32.1. The van der Waals surface area contributed by atoms with Gasteiger partial charge < -0.3 is 15.4 Å². The first-order valence-electron chi connectivity index (χ1n) is 8.80. The van der Waals surface area contributed by atoms with Crippen LogP contribution in [-0.4, -0.2) is 50.8 Å². The molecule has 2 N–H and O–H groups in total. The number of thiophene rings is 1. The van der Waals surface area contributed by atoms with Crippen LogP contribution in [0.1, 0.15) is 16.5 Å². The summed E-state index contributed by atoms with van der Waals surface area (Å²) in [6, 6.07) is 11.1. The second kappa shape index (κ2) is 9.66. The normalized spacial score (nSPS) is 17.1. The number of nitrogens with zero attached hydrogens (tertiary/aromatic N) is 2. The van der Waals surface area contributed by atoms with Gasteiger partial charge in [-0.1, -0.05) is 18.2 Å². The molecule has 3 rings (SSSR count). The number of benzene rings is 1. The van der Waals surface area contributed by atoms with E-state index in [0.29, 0.717) is 12.5 Å². The number of rotatable bonds is 6. The Bertz CT molecular complexity index is 701. The number of hydrogen-bond donors (Lipinski definition) is 2. The Kier molecular flexibility index (Phi) is 6.99. The van der Waals surface area contributed by atoms with Crippen LogP contribution in [0.5, 0.6) is 0 Å². The molecular formula is C19H25FN4OS. The molecule has 1 aliphatic rings. The lowest BCUT2D eigenvalue weighted by atomic mass is 10.2. The van der Waals surface area contributed by atoms with E-state index in [9.17, 15) is 4.39 Å². The molecule has 1 atom stereocenters. The van der Waals surface area contributed by atoms with Crippen molar-refractivity contribution in [1.29, 1.82) is 0 Å². The maximum atomic E-state index is 13.3. The van der Waals surface area contributed by atoms with Gasteiger partial charge in [0.05, 0.1) is 19.3 Å². The average molecular weight is 377 g/mol. The Morgan fingerprint density at radius 3 is 2.81 bits per heavy atom. The molecule has 1 fully saturated rings. The second-order valence-corrected chi connectivity index (χ2v) is 7.10. The maximum Gasteiger partial charge on any atom is 0.191 e. The van der Waals surface area contributed by atoms with E-state index in [1.54, 1.807) is 24.5 Å². The first-order valence-corrected chi connectivity index (χ1v) is 9.68. The molecule has 2 heterocycles. The van der Waals surface area contributed by atoms with Crippen LogP contribution in [0, 0.1) is 5.82 Å². The van der Waals surface area contributed by atoms with E-state index < -0.39 is 0 Å². The number of ether oxygens (including phenoxy) is 1. The molecule has 5 nitrogen and oxygen atoms in total. The lowest BCUT2D eigenvalue weighted by Gasteiger charge is -2.34. The quantitative estimate of drug-likeness (QED) is 0.601. The van der Waals surface area contributed by atoms with Crippen molar-refractivity contribution in [3.63, 3.8) is 0 Å². The average Bonchev–Trinajstić information content (AvgIpc) is 3.20. The lowest BCUT2D eigenvalue weighted by molar-refractivity contribution is 0.0177. The minimum absolute atomic E-state index is 0.225. The third kappa shape index (κ3) is 5.27. The van der Waals surface area contributed by atoms with Crippen LogP contribution in [0.25, 0.3) is 0 Å². The molecule has 1 aromatic carbocycles. The molecule has 7 heteroatoms. The molecule has 140 valence electrons. The predicted octanol–water partition coefficient (Wildman–Crippen LogP) is 2.63. The van der Waals surface area contributed by atoms with E-state index >= 15 is 0 Å². The van der Waals surface area contributed by atoms with Gasteiger partial charge in [-0.3, -0.25) is 9.89 Å². The first kappa shape index (κ1) is 18.8. The fourth-order valence-corrected chi connectivity index (χ4v) is 3.89. The largest absolute Gasteiger partial charge is 0.379 e. The molecule has 0 radical (unpaired) electrons. The molecule has 0 aliphatic carbocycles. The van der Waals surface area contributed by atoms with Gasteiger partial charge in [-0.15, -0.1) is 11.3 Å². The van der Waals surface area contributed by atoms with Crippen molar-refractivity contribution in [2.75, 3.05) is 39.9 Å². The minimum Gasteiger partial charge on any atom is -0.379 e. The Balaban J connectivity index is 1.57. The molecule has 1 aromatic heterocycles. The third-order valence-corrected chi connectivity index (χ3v) is 5.37. The molecule has 0 spiro atoms. The highest BCUT2D eigenvalue weighted by Gasteiger charge is 2.23. The van der Waals surface area contributed by atoms with Crippen LogP contribution in [0.2, 0.25) is 0 Å². The van der Waals surface area contributed by atoms with Gasteiger partial charge in [0.1, 0.15) is 5.82 Å². The van der Waals surface area contributed by atoms with Gasteiger partial charge >= 0.3 is 0 Å². The number of guanidine groups is 1. The molecule has 1 unspecified atom stereocenters. The molecule has 1 aliphatic heterocycles. The predicted molar refractivity (Wildman–Crippen MR) is 104 cm³/mol. The molecule has 2 aromatic rings. The van der Waals surface area contributed by atoms with Crippen LogP contribution >= 0.6 is 11.3 Å². The molecule has 26 heavy (non-hydrogen) atoms. The summed E-state index contributed by atoms with van der Waals surface area (Å²) in [6.45, 7) is 4.68. The molecule has 1 saturated heterocycles. The molecule has 0 saturated carbocycles. The number of aliphatic imine (C=N–C) groups is 1. The zero-order valence-corrected chi connectivity index (χ0v) is 15.8. The minimum atomic E-state index is -0.225. The van der Waals surface area contributed by atoms with Crippen molar-refractivity contribution < 1.29 is 9.13 Å². The lowest BCUT2D eigenvalue weighted by Crippen LogP contribution is -2.46. The van der Waals surface area contributed by atoms with Gasteiger partial charge in [-0.2, -0.15) is 0 Å². The third-order valence-electron chi connectivity index (χ3n) is 4.39. The summed E-state index contributed by atoms with van der Waals surface area (Å²) in [4.78, 5) is 8.06. The number of hydrogen-bond acceptors (Lipinski definition) is 4. The Hall–Kier alpha value is -1.96. The van der Waals surface area contributed by atoms with Gasteiger partial charge in [-0.05, 0) is 29.1 Å². The van der Waals surface area contributed by atoms with Gasteiger partial charge in [-0.25, -0.2) is 4.39 Å².